The van der Waals surface area contributed by atoms with E-state index in [0.717, 1.165) is 6.42 Å². The average Bonchev–Trinajstić information content (AvgIpc) is 1.91. The minimum Gasteiger partial charge on any atom is -0.291 e. The molecule has 2 nitrogen and oxygen atoms in total. The van der Waals surface area contributed by atoms with Crippen molar-refractivity contribution >= 4 is 12.6 Å². The van der Waals surface area contributed by atoms with Crippen molar-refractivity contribution in [1.82, 2.24) is 0 Å². The highest BCUT2D eigenvalue weighted by Crippen LogP contribution is 2.05. The molecule has 0 bridgehead atoms. The van der Waals surface area contributed by atoms with Gasteiger partial charge in [-0.1, -0.05) is 6.92 Å². The fourth-order valence-corrected chi connectivity index (χ4v) is 0.580. The van der Waals surface area contributed by atoms with Gasteiger partial charge in [0, 0.05) is 12.3 Å². The Morgan fingerprint density at radius 1 is 1.44 bits per heavy atom. The molecule has 0 heterocycles. The fourth-order valence-electron chi connectivity index (χ4n) is 0.580. The van der Waals surface area contributed by atoms with Gasteiger partial charge in [0.25, 0.3) is 0 Å². The van der Waals surface area contributed by atoms with Crippen LogP contribution in [0.2, 0.25) is 0 Å². The molecule has 0 saturated heterocycles. The van der Waals surface area contributed by atoms with Crippen molar-refractivity contribution in [2.24, 2.45) is 5.92 Å². The predicted molar refractivity (Wildman–Crippen MR) is 34.4 cm³/mol. The first-order valence-electron chi connectivity index (χ1n) is 3.07. The molecular formula is C7H10O2. The van der Waals surface area contributed by atoms with Crippen LogP contribution in [0, 0.1) is 5.92 Å². The molecule has 0 amide bonds. The molecule has 0 fully saturated rings. The Hall–Kier alpha value is -0.660. The van der Waals surface area contributed by atoms with E-state index in [2.05, 4.69) is 0 Å². The molecule has 0 aliphatic heterocycles. The number of carbonyl (C=O) groups excluding carboxylic acids is 2. The van der Waals surface area contributed by atoms with E-state index in [1.165, 1.54) is 0 Å². The van der Waals surface area contributed by atoms with Gasteiger partial charge in [-0.05, 0) is 12.8 Å². The monoisotopic (exact) mass is 126 g/mol. The molecule has 0 aromatic carbocycles. The molecule has 0 spiro atoms. The smallest absolute Gasteiger partial charge is 0.201 e. The summed E-state index contributed by atoms with van der Waals surface area (Å²) in [4.78, 5) is 19.7. The van der Waals surface area contributed by atoms with Gasteiger partial charge in [0.1, 0.15) is 0 Å². The maximum absolute atomic E-state index is 9.99. The first-order chi connectivity index (χ1) is 4.35. The second-order valence-corrected chi connectivity index (χ2v) is 1.91. The van der Waals surface area contributed by atoms with Gasteiger partial charge in [-0.2, -0.15) is 0 Å². The summed E-state index contributed by atoms with van der Waals surface area (Å²) in [5, 5.41) is 0. The second kappa shape index (κ2) is 5.48. The van der Waals surface area contributed by atoms with E-state index in [-0.39, 0.29) is 5.92 Å². The van der Waals surface area contributed by atoms with Crippen molar-refractivity contribution in [3.63, 3.8) is 0 Å². The van der Waals surface area contributed by atoms with Gasteiger partial charge in [0.2, 0.25) is 6.29 Å². The van der Waals surface area contributed by atoms with Crippen LogP contribution >= 0.6 is 0 Å². The van der Waals surface area contributed by atoms with Crippen molar-refractivity contribution in [3.8, 4) is 0 Å². The molecule has 0 saturated carbocycles. The molecule has 0 rings (SSSR count). The van der Waals surface area contributed by atoms with Gasteiger partial charge in [-0.25, -0.2) is 0 Å². The quantitative estimate of drug-likeness (QED) is 0.551. The van der Waals surface area contributed by atoms with Crippen LogP contribution in [0.4, 0.5) is 0 Å². The lowest BCUT2D eigenvalue weighted by atomic mass is 10.0. The molecule has 0 aliphatic carbocycles. The van der Waals surface area contributed by atoms with Gasteiger partial charge >= 0.3 is 0 Å². The van der Waals surface area contributed by atoms with E-state index in [0.29, 0.717) is 12.8 Å². The third-order valence-electron chi connectivity index (χ3n) is 1.25. The third kappa shape index (κ3) is 3.88. The maximum atomic E-state index is 9.99. The lowest BCUT2D eigenvalue weighted by Crippen LogP contribution is -1.99. The van der Waals surface area contributed by atoms with Crippen LogP contribution in [0.5, 0.6) is 0 Å². The summed E-state index contributed by atoms with van der Waals surface area (Å²) in [6, 6.07) is 0. The van der Waals surface area contributed by atoms with Crippen molar-refractivity contribution in [1.29, 1.82) is 0 Å². The Labute approximate surface area is 55.3 Å². The molecule has 9 heavy (non-hydrogen) atoms. The summed E-state index contributed by atoms with van der Waals surface area (Å²) in [6.07, 6.45) is 5.32. The fraction of sp³-hybridized carbons (Fsp3) is 0.714. The summed E-state index contributed by atoms with van der Waals surface area (Å²) in [6.45, 7) is 1.90. The number of hydrogen-bond donors (Lipinski definition) is 0. The van der Waals surface area contributed by atoms with Crippen LogP contribution < -0.4 is 0 Å². The molecule has 0 N–H and O–H groups in total. The molecule has 0 aromatic rings. The van der Waals surface area contributed by atoms with Crippen molar-refractivity contribution < 1.29 is 9.59 Å². The summed E-state index contributed by atoms with van der Waals surface area (Å²) in [5.41, 5.74) is 0. The van der Waals surface area contributed by atoms with Crippen LogP contribution in [-0.2, 0) is 9.59 Å². The topological polar surface area (TPSA) is 34.1 Å². The molecule has 0 aromatic heterocycles. The van der Waals surface area contributed by atoms with E-state index >= 15 is 0 Å². The molecule has 0 aliphatic rings. The van der Waals surface area contributed by atoms with Crippen LogP contribution in [0.3, 0.4) is 0 Å². The highest BCUT2D eigenvalue weighted by Gasteiger charge is 2.03. The number of hydrogen-bond acceptors (Lipinski definition) is 2. The molecule has 1 atom stereocenters. The van der Waals surface area contributed by atoms with E-state index in [1.807, 2.05) is 13.2 Å². The van der Waals surface area contributed by atoms with Gasteiger partial charge in [-0.15, -0.1) is 0 Å². The lowest BCUT2D eigenvalue weighted by molar-refractivity contribution is 0.496. The normalized spacial score (nSPS) is 12.6. The largest absolute Gasteiger partial charge is 0.291 e. The van der Waals surface area contributed by atoms with E-state index in [1.54, 1.807) is 6.29 Å². The average molecular weight is 126 g/mol. The zero-order chi connectivity index (χ0) is 7.11. The molecule has 1 unspecified atom stereocenters. The molecule has 2 heteroatoms. The third-order valence-corrected chi connectivity index (χ3v) is 1.25. The highest BCUT2D eigenvalue weighted by molar-refractivity contribution is 5.56. The Kier molecular flexibility index (Phi) is 5.07. The minimum atomic E-state index is -0.0635. The highest BCUT2D eigenvalue weighted by atomic mass is 16.1. The summed E-state index contributed by atoms with van der Waals surface area (Å²) in [7, 11) is 0. The Balaban J connectivity index is 3.30. The second-order valence-electron chi connectivity index (χ2n) is 1.91. The Morgan fingerprint density at radius 3 is 2.44 bits per heavy atom. The van der Waals surface area contributed by atoms with E-state index < -0.39 is 0 Å². The van der Waals surface area contributed by atoms with Crippen LogP contribution in [0.15, 0.2) is 0 Å². The van der Waals surface area contributed by atoms with E-state index in [4.69, 9.17) is 0 Å². The summed E-state index contributed by atoms with van der Waals surface area (Å²) in [5.74, 6) is -0.0635. The zero-order valence-corrected chi connectivity index (χ0v) is 5.52. The van der Waals surface area contributed by atoms with Crippen molar-refractivity contribution in [3.05, 3.63) is 0 Å². The van der Waals surface area contributed by atoms with Crippen molar-refractivity contribution in [2.45, 2.75) is 26.2 Å². The van der Waals surface area contributed by atoms with Crippen LogP contribution in [0.25, 0.3) is 0 Å². The lowest BCUT2D eigenvalue weighted by Gasteiger charge is -1.99. The minimum absolute atomic E-state index is 0.0635. The van der Waals surface area contributed by atoms with Crippen molar-refractivity contribution in [2.75, 3.05) is 0 Å². The van der Waals surface area contributed by atoms with Gasteiger partial charge in [0.15, 0.2) is 6.29 Å². The summed E-state index contributed by atoms with van der Waals surface area (Å²) < 4.78 is 0. The van der Waals surface area contributed by atoms with Gasteiger partial charge in [0.05, 0.1) is 0 Å². The molecular weight excluding hydrogens is 116 g/mol. The van der Waals surface area contributed by atoms with Crippen LogP contribution in [0.1, 0.15) is 26.2 Å². The molecule has 2 radical (unpaired) electrons. The summed E-state index contributed by atoms with van der Waals surface area (Å²) >= 11 is 0. The molecule has 50 valence electrons. The zero-order valence-electron chi connectivity index (χ0n) is 5.52. The maximum Gasteiger partial charge on any atom is 0.201 e. The van der Waals surface area contributed by atoms with Gasteiger partial charge < -0.3 is 0 Å². The van der Waals surface area contributed by atoms with E-state index in [9.17, 15) is 9.59 Å². The predicted octanol–water partition coefficient (Wildman–Crippen LogP) is 1.01. The Bertz CT molecular complexity index is 88.9. The first kappa shape index (κ1) is 8.34. The standard InChI is InChI=1S/C7H10O2/c1-2-7(6-9)4-3-5-8/h7H,2-4H2,1H3. The van der Waals surface area contributed by atoms with Crippen LogP contribution in [-0.4, -0.2) is 12.6 Å². The SMILES string of the molecule is CCC([C]=O)CC[C]=O. The number of rotatable bonds is 5. The first-order valence-corrected chi connectivity index (χ1v) is 3.07. The Morgan fingerprint density at radius 2 is 2.11 bits per heavy atom. The van der Waals surface area contributed by atoms with Gasteiger partial charge in [-0.3, -0.25) is 9.59 Å².